The highest BCUT2D eigenvalue weighted by atomic mass is 16.3. The van der Waals surface area contributed by atoms with Gasteiger partial charge in [-0.15, -0.1) is 0 Å². The third-order valence-corrected chi connectivity index (χ3v) is 1.99. The Morgan fingerprint density at radius 2 is 2.33 bits per heavy atom. The van der Waals surface area contributed by atoms with Gasteiger partial charge in [-0.05, 0) is 6.08 Å². The van der Waals surface area contributed by atoms with E-state index in [1.54, 1.807) is 0 Å². The first-order valence-electron chi connectivity index (χ1n) is 4.13. The van der Waals surface area contributed by atoms with Crippen LogP contribution in [0, 0.1) is 0 Å². The molecule has 1 atom stereocenters. The molecule has 0 spiro atoms. The molecule has 7 heteroatoms. The summed E-state index contributed by atoms with van der Waals surface area (Å²) < 4.78 is 0.646. The van der Waals surface area contributed by atoms with Crippen LogP contribution in [0.3, 0.4) is 0 Å². The van der Waals surface area contributed by atoms with Gasteiger partial charge < -0.3 is 10.1 Å². The molecule has 2 aromatic heterocycles. The van der Waals surface area contributed by atoms with Gasteiger partial charge in [0, 0.05) is 0 Å². The predicted molar refractivity (Wildman–Crippen MR) is 52.4 cm³/mol. The third-order valence-electron chi connectivity index (χ3n) is 1.99. The molecule has 0 aromatic carbocycles. The predicted octanol–water partition coefficient (Wildman–Crippen LogP) is -0.910. The lowest BCUT2D eigenvalue weighted by Crippen LogP contribution is -2.37. The van der Waals surface area contributed by atoms with Crippen LogP contribution < -0.4 is 11.2 Å². The summed E-state index contributed by atoms with van der Waals surface area (Å²) in [5, 5.41) is 9.38. The second-order valence-corrected chi connectivity index (χ2v) is 2.88. The zero-order valence-corrected chi connectivity index (χ0v) is 7.60. The van der Waals surface area contributed by atoms with Crippen molar-refractivity contribution in [3.8, 4) is 0 Å². The Bertz CT molecular complexity index is 621. The number of rotatable bonds is 2. The van der Waals surface area contributed by atoms with Gasteiger partial charge in [-0.1, -0.05) is 6.58 Å². The summed E-state index contributed by atoms with van der Waals surface area (Å²) in [5.41, 5.74) is -1.07. The highest BCUT2D eigenvalue weighted by Gasteiger charge is 2.13. The van der Waals surface area contributed by atoms with Gasteiger partial charge in [0.15, 0.2) is 11.9 Å². The molecule has 2 aromatic rings. The van der Waals surface area contributed by atoms with Gasteiger partial charge in [0.2, 0.25) is 0 Å². The van der Waals surface area contributed by atoms with Crippen LogP contribution in [0.4, 0.5) is 0 Å². The van der Waals surface area contributed by atoms with Crippen LogP contribution in [0.5, 0.6) is 0 Å². The smallest absolute Gasteiger partial charge is 0.332 e. The highest BCUT2D eigenvalue weighted by molar-refractivity contribution is 5.67. The molecule has 7 nitrogen and oxygen atoms in total. The molecule has 0 saturated heterocycles. The van der Waals surface area contributed by atoms with Crippen LogP contribution in [0.25, 0.3) is 11.2 Å². The zero-order chi connectivity index (χ0) is 11.0. The quantitative estimate of drug-likeness (QED) is 0.556. The number of imidazole rings is 1. The van der Waals surface area contributed by atoms with Gasteiger partial charge in [0.1, 0.15) is 5.52 Å². The van der Waals surface area contributed by atoms with E-state index in [1.165, 1.54) is 6.33 Å². The molecule has 0 saturated carbocycles. The van der Waals surface area contributed by atoms with E-state index in [2.05, 4.69) is 21.5 Å². The number of nitrogens with one attached hydrogen (secondary N) is 2. The van der Waals surface area contributed by atoms with E-state index in [9.17, 15) is 14.7 Å². The third kappa shape index (κ3) is 1.29. The van der Waals surface area contributed by atoms with Crippen LogP contribution in [0.2, 0.25) is 0 Å². The van der Waals surface area contributed by atoms with E-state index >= 15 is 0 Å². The Labute approximate surface area is 82.7 Å². The molecule has 3 N–H and O–H groups in total. The van der Waals surface area contributed by atoms with Gasteiger partial charge in [-0.2, -0.15) is 0 Å². The second-order valence-electron chi connectivity index (χ2n) is 2.88. The molecule has 15 heavy (non-hydrogen) atoms. The minimum absolute atomic E-state index is 0.135. The normalized spacial score (nSPS) is 12.9. The van der Waals surface area contributed by atoms with Gasteiger partial charge in [-0.3, -0.25) is 9.78 Å². The van der Waals surface area contributed by atoms with E-state index in [1.807, 2.05) is 0 Å². The number of hydrogen-bond acceptors (Lipinski definition) is 4. The Kier molecular flexibility index (Phi) is 2.01. The van der Waals surface area contributed by atoms with Gasteiger partial charge in [0.25, 0.3) is 5.56 Å². The lowest BCUT2D eigenvalue weighted by atomic mass is 10.5. The Hall–Kier alpha value is -2.15. The SMILES string of the molecule is C=CC(O)n1c(=O)[nH]c2nc[nH]c2c1=O. The number of aliphatic hydroxyl groups excluding tert-OH is 1. The van der Waals surface area contributed by atoms with E-state index in [-0.39, 0.29) is 11.2 Å². The molecule has 0 amide bonds. The van der Waals surface area contributed by atoms with Crippen molar-refractivity contribution in [3.05, 3.63) is 39.8 Å². The molecule has 0 aliphatic heterocycles. The minimum Gasteiger partial charge on any atom is -0.369 e. The van der Waals surface area contributed by atoms with Crippen molar-refractivity contribution in [2.45, 2.75) is 6.23 Å². The fraction of sp³-hybridized carbons (Fsp3) is 0.125. The maximum atomic E-state index is 11.7. The minimum atomic E-state index is -1.35. The van der Waals surface area contributed by atoms with Crippen molar-refractivity contribution in [2.75, 3.05) is 0 Å². The summed E-state index contributed by atoms with van der Waals surface area (Å²) in [4.78, 5) is 31.7. The molecule has 78 valence electrons. The number of aromatic amines is 2. The maximum Gasteiger partial charge on any atom is 0.332 e. The van der Waals surface area contributed by atoms with E-state index < -0.39 is 17.5 Å². The molecule has 0 fully saturated rings. The van der Waals surface area contributed by atoms with Crippen molar-refractivity contribution < 1.29 is 5.11 Å². The summed E-state index contributed by atoms with van der Waals surface area (Å²) in [7, 11) is 0. The summed E-state index contributed by atoms with van der Waals surface area (Å²) in [6, 6.07) is 0. The fourth-order valence-corrected chi connectivity index (χ4v) is 1.27. The summed E-state index contributed by atoms with van der Waals surface area (Å²) in [6.07, 6.45) is 1.01. The first-order valence-corrected chi connectivity index (χ1v) is 4.13. The van der Waals surface area contributed by atoms with Crippen LogP contribution in [-0.4, -0.2) is 24.6 Å². The Balaban J connectivity index is 2.90. The average molecular weight is 208 g/mol. The summed E-state index contributed by atoms with van der Waals surface area (Å²) in [5.74, 6) is 0. The molecule has 0 bridgehead atoms. The molecule has 2 heterocycles. The molecular formula is C8H8N4O3. The monoisotopic (exact) mass is 208 g/mol. The molecule has 2 rings (SSSR count). The standard InChI is InChI=1S/C8H8N4O3/c1-2-4(13)12-7(14)5-6(10-3-9-5)11-8(12)15/h2-4,13H,1H2,(H,9,10)(H,11,15). The first-order chi connectivity index (χ1) is 7.15. The zero-order valence-electron chi connectivity index (χ0n) is 7.60. The molecule has 0 radical (unpaired) electrons. The molecule has 0 aliphatic rings. The molecular weight excluding hydrogens is 200 g/mol. The van der Waals surface area contributed by atoms with Gasteiger partial charge >= 0.3 is 5.69 Å². The van der Waals surface area contributed by atoms with Gasteiger partial charge in [0.05, 0.1) is 6.33 Å². The van der Waals surface area contributed by atoms with Crippen molar-refractivity contribution in [1.29, 1.82) is 0 Å². The van der Waals surface area contributed by atoms with Crippen LogP contribution >= 0.6 is 0 Å². The second kappa shape index (κ2) is 3.21. The van der Waals surface area contributed by atoms with Crippen molar-refractivity contribution in [3.63, 3.8) is 0 Å². The Morgan fingerprint density at radius 3 is 3.00 bits per heavy atom. The molecule has 1 unspecified atom stereocenters. The highest BCUT2D eigenvalue weighted by Crippen LogP contribution is 1.99. The number of fused-ring (bicyclic) bond motifs is 1. The lowest BCUT2D eigenvalue weighted by Gasteiger charge is -2.06. The maximum absolute atomic E-state index is 11.7. The van der Waals surface area contributed by atoms with E-state index in [4.69, 9.17) is 0 Å². The van der Waals surface area contributed by atoms with Crippen LogP contribution in [-0.2, 0) is 0 Å². The topological polar surface area (TPSA) is 104 Å². The first kappa shape index (κ1) is 9.41. The van der Waals surface area contributed by atoms with Crippen molar-refractivity contribution in [2.24, 2.45) is 0 Å². The number of aliphatic hydroxyl groups is 1. The van der Waals surface area contributed by atoms with E-state index in [0.717, 1.165) is 6.08 Å². The number of hydrogen-bond donors (Lipinski definition) is 3. The summed E-state index contributed by atoms with van der Waals surface area (Å²) in [6.45, 7) is 3.30. The molecule has 0 aliphatic carbocycles. The van der Waals surface area contributed by atoms with Crippen molar-refractivity contribution >= 4 is 11.2 Å². The Morgan fingerprint density at radius 1 is 1.60 bits per heavy atom. The average Bonchev–Trinajstić information content (AvgIpc) is 2.65. The number of nitrogens with zero attached hydrogens (tertiary/aromatic N) is 2. The van der Waals surface area contributed by atoms with Crippen LogP contribution in [0.15, 0.2) is 28.6 Å². The number of H-pyrrole nitrogens is 2. The van der Waals surface area contributed by atoms with Crippen molar-refractivity contribution in [1.82, 2.24) is 19.5 Å². The van der Waals surface area contributed by atoms with E-state index in [0.29, 0.717) is 4.57 Å². The van der Waals surface area contributed by atoms with Crippen LogP contribution in [0.1, 0.15) is 6.23 Å². The number of aromatic nitrogens is 4. The van der Waals surface area contributed by atoms with Gasteiger partial charge in [-0.25, -0.2) is 14.3 Å². The lowest BCUT2D eigenvalue weighted by molar-refractivity contribution is 0.146. The largest absolute Gasteiger partial charge is 0.369 e. The summed E-state index contributed by atoms with van der Waals surface area (Å²) >= 11 is 0. The fourth-order valence-electron chi connectivity index (χ4n) is 1.27.